The summed E-state index contributed by atoms with van der Waals surface area (Å²) in [5.74, 6) is -1.74. The van der Waals surface area contributed by atoms with E-state index in [2.05, 4.69) is 15.5 Å². The van der Waals surface area contributed by atoms with Crippen LogP contribution in [0.2, 0.25) is 0 Å². The molecule has 20 heavy (non-hydrogen) atoms. The molecule has 0 atom stereocenters. The van der Waals surface area contributed by atoms with E-state index >= 15 is 0 Å². The Kier molecular flexibility index (Phi) is 3.65. The minimum atomic E-state index is -4.78. The lowest BCUT2D eigenvalue weighted by Gasteiger charge is -2.08. The van der Waals surface area contributed by atoms with Gasteiger partial charge in [-0.25, -0.2) is 4.39 Å². The highest BCUT2D eigenvalue weighted by Crippen LogP contribution is 2.35. The summed E-state index contributed by atoms with van der Waals surface area (Å²) in [5, 5.41) is 8.33. The van der Waals surface area contributed by atoms with Crippen LogP contribution in [-0.2, 0) is 11.0 Å². The van der Waals surface area contributed by atoms with Gasteiger partial charge in [0.15, 0.2) is 11.6 Å². The molecule has 1 amide bonds. The molecule has 0 saturated carbocycles. The normalized spacial score (nSPS) is 11.8. The first-order valence-electron chi connectivity index (χ1n) is 5.88. The predicted octanol–water partition coefficient (Wildman–Crippen LogP) is 3.46. The number of hydrogen-bond acceptors (Lipinski definition) is 2. The molecular formula is C12H11F4N3O. The summed E-state index contributed by atoms with van der Waals surface area (Å²) in [6.45, 7) is 1.80. The van der Waals surface area contributed by atoms with E-state index in [0.717, 1.165) is 6.07 Å². The van der Waals surface area contributed by atoms with Crippen LogP contribution in [0.3, 0.4) is 0 Å². The predicted molar refractivity (Wildman–Crippen MR) is 64.6 cm³/mol. The van der Waals surface area contributed by atoms with Crippen molar-refractivity contribution in [2.45, 2.75) is 25.9 Å². The smallest absolute Gasteiger partial charge is 0.309 e. The monoisotopic (exact) mass is 289 g/mol. The standard InChI is InChI=1S/C12H11F4N3O/c1-2-3-8(20)17-11-6-4-5-7(12(14,15)16)9(13)10(6)18-19-11/h4-5H,2-3H2,1H3,(H2,17,18,19,20). The van der Waals surface area contributed by atoms with Crippen LogP contribution in [-0.4, -0.2) is 16.1 Å². The lowest BCUT2D eigenvalue weighted by atomic mass is 10.1. The third-order valence-electron chi connectivity index (χ3n) is 2.72. The molecule has 2 aromatic rings. The Hall–Kier alpha value is -2.12. The van der Waals surface area contributed by atoms with E-state index in [1.165, 1.54) is 0 Å². The van der Waals surface area contributed by atoms with Gasteiger partial charge in [0.2, 0.25) is 5.91 Å². The first-order valence-corrected chi connectivity index (χ1v) is 5.88. The topological polar surface area (TPSA) is 57.8 Å². The molecule has 0 unspecified atom stereocenters. The fourth-order valence-electron chi connectivity index (χ4n) is 1.79. The number of nitrogens with one attached hydrogen (secondary N) is 2. The summed E-state index contributed by atoms with van der Waals surface area (Å²) in [6, 6.07) is 1.70. The quantitative estimate of drug-likeness (QED) is 0.850. The Morgan fingerprint density at radius 2 is 2.10 bits per heavy atom. The Morgan fingerprint density at radius 3 is 2.70 bits per heavy atom. The van der Waals surface area contributed by atoms with Crippen LogP contribution in [0.25, 0.3) is 10.9 Å². The first kappa shape index (κ1) is 14.3. The van der Waals surface area contributed by atoms with Crippen LogP contribution >= 0.6 is 0 Å². The summed E-state index contributed by atoms with van der Waals surface area (Å²) >= 11 is 0. The molecule has 4 nitrogen and oxygen atoms in total. The molecule has 0 saturated heterocycles. The zero-order chi connectivity index (χ0) is 14.9. The van der Waals surface area contributed by atoms with Gasteiger partial charge >= 0.3 is 6.18 Å². The summed E-state index contributed by atoms with van der Waals surface area (Å²) in [4.78, 5) is 11.4. The van der Waals surface area contributed by atoms with Crippen molar-refractivity contribution >= 4 is 22.6 Å². The molecule has 0 radical (unpaired) electrons. The van der Waals surface area contributed by atoms with Crippen LogP contribution in [0.4, 0.5) is 23.4 Å². The minimum absolute atomic E-state index is 0.0195. The number of carbonyl (C=O) groups is 1. The van der Waals surface area contributed by atoms with E-state index in [0.29, 0.717) is 12.5 Å². The lowest BCUT2D eigenvalue weighted by Crippen LogP contribution is -2.11. The molecule has 1 aromatic carbocycles. The van der Waals surface area contributed by atoms with Crippen LogP contribution in [0, 0.1) is 5.82 Å². The molecule has 0 aliphatic carbocycles. The maximum Gasteiger partial charge on any atom is 0.419 e. The van der Waals surface area contributed by atoms with Crippen molar-refractivity contribution in [1.82, 2.24) is 10.2 Å². The van der Waals surface area contributed by atoms with Crippen molar-refractivity contribution < 1.29 is 22.4 Å². The van der Waals surface area contributed by atoms with Crippen LogP contribution < -0.4 is 5.32 Å². The third-order valence-corrected chi connectivity index (χ3v) is 2.72. The number of aromatic nitrogens is 2. The SMILES string of the molecule is CCCC(=O)Nc1n[nH]c2c(F)c(C(F)(F)F)ccc12. The van der Waals surface area contributed by atoms with E-state index in [9.17, 15) is 22.4 Å². The van der Waals surface area contributed by atoms with Crippen molar-refractivity contribution in [3.05, 3.63) is 23.5 Å². The number of amides is 1. The Bertz CT molecular complexity index is 648. The van der Waals surface area contributed by atoms with Gasteiger partial charge in [0, 0.05) is 11.8 Å². The highest BCUT2D eigenvalue weighted by molar-refractivity contribution is 5.99. The van der Waals surface area contributed by atoms with Crippen molar-refractivity contribution in [3.8, 4) is 0 Å². The Labute approximate surface area is 111 Å². The van der Waals surface area contributed by atoms with Crippen molar-refractivity contribution in [1.29, 1.82) is 0 Å². The second-order valence-corrected chi connectivity index (χ2v) is 4.22. The summed E-state index contributed by atoms with van der Waals surface area (Å²) in [7, 11) is 0. The molecule has 2 rings (SSSR count). The number of fused-ring (bicyclic) bond motifs is 1. The Balaban J connectivity index is 2.43. The number of alkyl halides is 3. The maximum absolute atomic E-state index is 13.8. The fraction of sp³-hybridized carbons (Fsp3) is 0.333. The van der Waals surface area contributed by atoms with Gasteiger partial charge in [-0.3, -0.25) is 9.89 Å². The number of H-pyrrole nitrogens is 1. The summed E-state index contributed by atoms with van der Waals surface area (Å²) < 4.78 is 51.4. The van der Waals surface area contributed by atoms with Crippen LogP contribution in [0.1, 0.15) is 25.3 Å². The number of rotatable bonds is 3. The third kappa shape index (κ3) is 2.59. The van der Waals surface area contributed by atoms with E-state index < -0.39 is 17.6 Å². The largest absolute Gasteiger partial charge is 0.419 e. The summed E-state index contributed by atoms with van der Waals surface area (Å²) in [5.41, 5.74) is -1.76. The lowest BCUT2D eigenvalue weighted by molar-refractivity contribution is -0.139. The number of halogens is 4. The number of carbonyl (C=O) groups excluding carboxylic acids is 1. The average molecular weight is 289 g/mol. The van der Waals surface area contributed by atoms with E-state index in [1.54, 1.807) is 6.92 Å². The molecule has 2 N–H and O–H groups in total. The van der Waals surface area contributed by atoms with Gasteiger partial charge in [0.25, 0.3) is 0 Å². The number of aromatic amines is 1. The van der Waals surface area contributed by atoms with Gasteiger partial charge < -0.3 is 5.32 Å². The zero-order valence-corrected chi connectivity index (χ0v) is 10.4. The molecule has 108 valence electrons. The van der Waals surface area contributed by atoms with Crippen molar-refractivity contribution in [3.63, 3.8) is 0 Å². The molecule has 1 aromatic heterocycles. The average Bonchev–Trinajstić information content (AvgIpc) is 2.72. The highest BCUT2D eigenvalue weighted by Gasteiger charge is 2.35. The van der Waals surface area contributed by atoms with Crippen molar-refractivity contribution in [2.75, 3.05) is 5.32 Å². The highest BCUT2D eigenvalue weighted by atomic mass is 19.4. The van der Waals surface area contributed by atoms with Gasteiger partial charge in [-0.05, 0) is 18.6 Å². The molecule has 0 bridgehead atoms. The molecule has 8 heteroatoms. The molecule has 0 aliphatic rings. The molecular weight excluding hydrogens is 278 g/mol. The second-order valence-electron chi connectivity index (χ2n) is 4.22. The zero-order valence-electron chi connectivity index (χ0n) is 10.4. The number of nitrogens with zero attached hydrogens (tertiary/aromatic N) is 1. The van der Waals surface area contributed by atoms with Gasteiger partial charge in [0.05, 0.1) is 5.56 Å². The second kappa shape index (κ2) is 5.10. The van der Waals surface area contributed by atoms with E-state index in [-0.39, 0.29) is 29.0 Å². The van der Waals surface area contributed by atoms with Crippen LogP contribution in [0.5, 0.6) is 0 Å². The number of anilines is 1. The molecule has 1 heterocycles. The number of hydrogen-bond donors (Lipinski definition) is 2. The van der Waals surface area contributed by atoms with Gasteiger partial charge in [-0.2, -0.15) is 18.3 Å². The van der Waals surface area contributed by atoms with Gasteiger partial charge in [-0.15, -0.1) is 0 Å². The van der Waals surface area contributed by atoms with E-state index in [1.807, 2.05) is 0 Å². The van der Waals surface area contributed by atoms with E-state index in [4.69, 9.17) is 0 Å². The fourth-order valence-corrected chi connectivity index (χ4v) is 1.79. The maximum atomic E-state index is 13.8. The molecule has 0 aliphatic heterocycles. The van der Waals surface area contributed by atoms with Crippen LogP contribution in [0.15, 0.2) is 12.1 Å². The summed E-state index contributed by atoms with van der Waals surface area (Å²) in [6.07, 6.45) is -3.92. The van der Waals surface area contributed by atoms with Gasteiger partial charge in [0.1, 0.15) is 5.52 Å². The van der Waals surface area contributed by atoms with Crippen molar-refractivity contribution in [2.24, 2.45) is 0 Å². The molecule has 0 spiro atoms. The Morgan fingerprint density at radius 1 is 1.40 bits per heavy atom. The molecule has 0 fully saturated rings. The number of benzene rings is 1. The minimum Gasteiger partial charge on any atom is -0.309 e. The first-order chi connectivity index (χ1) is 9.34. The van der Waals surface area contributed by atoms with Gasteiger partial charge in [-0.1, -0.05) is 6.92 Å².